The van der Waals surface area contributed by atoms with Gasteiger partial charge in [-0.3, -0.25) is 9.59 Å². The highest BCUT2D eigenvalue weighted by Gasteiger charge is 2.26. The van der Waals surface area contributed by atoms with E-state index in [9.17, 15) is 9.59 Å². The van der Waals surface area contributed by atoms with Gasteiger partial charge in [-0.1, -0.05) is 79.7 Å². The Balaban J connectivity index is 1.65. The smallest absolute Gasteiger partial charge is 0.251 e. The second-order valence-electron chi connectivity index (χ2n) is 8.68. The minimum Gasteiger partial charge on any atom is -0.355 e. The van der Waals surface area contributed by atoms with E-state index < -0.39 is 0 Å². The van der Waals surface area contributed by atoms with Crippen molar-refractivity contribution in [2.75, 3.05) is 12.3 Å². The van der Waals surface area contributed by atoms with Crippen LogP contribution in [0.3, 0.4) is 0 Å². The zero-order chi connectivity index (χ0) is 25.2. The van der Waals surface area contributed by atoms with E-state index in [0.717, 1.165) is 12.0 Å². The highest BCUT2D eigenvalue weighted by Crippen LogP contribution is 2.25. The van der Waals surface area contributed by atoms with Crippen molar-refractivity contribution in [1.82, 2.24) is 25.4 Å². The van der Waals surface area contributed by atoms with E-state index in [1.807, 2.05) is 79.9 Å². The number of hydrogen-bond donors (Lipinski definition) is 2. The number of amides is 2. The van der Waals surface area contributed by atoms with E-state index in [-0.39, 0.29) is 29.5 Å². The molecule has 2 aromatic carbocycles. The van der Waals surface area contributed by atoms with Crippen molar-refractivity contribution in [3.05, 3.63) is 89.8 Å². The number of rotatable bonds is 12. The quantitative estimate of drug-likeness (QED) is 0.290. The number of thioether (sulfide) groups is 1. The first kappa shape index (κ1) is 26.2. The average molecular weight is 492 g/mol. The molecule has 3 rings (SSSR count). The van der Waals surface area contributed by atoms with Crippen LogP contribution in [0.4, 0.5) is 0 Å². The van der Waals surface area contributed by atoms with Gasteiger partial charge in [-0.2, -0.15) is 0 Å². The first-order valence-corrected chi connectivity index (χ1v) is 12.7. The van der Waals surface area contributed by atoms with Gasteiger partial charge in [0.2, 0.25) is 5.91 Å². The molecule has 184 valence electrons. The summed E-state index contributed by atoms with van der Waals surface area (Å²) in [5, 5.41) is 15.4. The predicted octanol–water partition coefficient (Wildman–Crippen LogP) is 4.35. The summed E-state index contributed by atoms with van der Waals surface area (Å²) in [4.78, 5) is 25.3. The summed E-state index contributed by atoms with van der Waals surface area (Å²) in [6, 6.07) is 17.2. The van der Waals surface area contributed by atoms with Crippen molar-refractivity contribution in [2.45, 2.75) is 44.9 Å². The highest BCUT2D eigenvalue weighted by atomic mass is 32.2. The maximum atomic E-state index is 12.9. The van der Waals surface area contributed by atoms with Crippen molar-refractivity contribution < 1.29 is 9.59 Å². The van der Waals surface area contributed by atoms with Crippen molar-refractivity contribution in [3.63, 3.8) is 0 Å². The molecule has 1 atom stereocenters. The largest absolute Gasteiger partial charge is 0.355 e. The van der Waals surface area contributed by atoms with Gasteiger partial charge < -0.3 is 15.2 Å². The van der Waals surface area contributed by atoms with Crippen LogP contribution in [0.5, 0.6) is 0 Å². The molecule has 2 N–H and O–H groups in total. The summed E-state index contributed by atoms with van der Waals surface area (Å²) >= 11 is 1.32. The van der Waals surface area contributed by atoms with Crippen molar-refractivity contribution in [2.24, 2.45) is 5.92 Å². The molecular formula is C27H33N5O2S. The molecule has 0 saturated heterocycles. The van der Waals surface area contributed by atoms with Gasteiger partial charge in [-0.25, -0.2) is 0 Å². The molecule has 0 unspecified atom stereocenters. The number of nitrogens with zero attached hydrogens (tertiary/aromatic N) is 3. The summed E-state index contributed by atoms with van der Waals surface area (Å²) < 4.78 is 1.91. The Morgan fingerprint density at radius 1 is 1.09 bits per heavy atom. The van der Waals surface area contributed by atoms with Crippen LogP contribution < -0.4 is 10.6 Å². The first-order chi connectivity index (χ1) is 16.9. The minimum atomic E-state index is -0.342. The number of carbonyl (C=O) groups is 2. The predicted molar refractivity (Wildman–Crippen MR) is 140 cm³/mol. The lowest BCUT2D eigenvalue weighted by Crippen LogP contribution is -2.34. The molecule has 0 fully saturated rings. The molecular weight excluding hydrogens is 458 g/mol. The van der Waals surface area contributed by atoms with E-state index in [2.05, 4.69) is 27.4 Å². The van der Waals surface area contributed by atoms with Gasteiger partial charge in [-0.05, 0) is 37.0 Å². The number of aryl methyl sites for hydroxylation is 1. The Morgan fingerprint density at radius 3 is 2.46 bits per heavy atom. The Hall–Kier alpha value is -3.39. The molecule has 7 nitrogen and oxygen atoms in total. The van der Waals surface area contributed by atoms with E-state index in [1.54, 1.807) is 6.08 Å². The van der Waals surface area contributed by atoms with E-state index in [0.29, 0.717) is 29.6 Å². The van der Waals surface area contributed by atoms with E-state index in [4.69, 9.17) is 0 Å². The molecule has 8 heteroatoms. The van der Waals surface area contributed by atoms with Crippen LogP contribution in [0.25, 0.3) is 0 Å². The second-order valence-corrected chi connectivity index (χ2v) is 9.62. The lowest BCUT2D eigenvalue weighted by atomic mass is 10.0. The zero-order valence-electron chi connectivity index (χ0n) is 20.5. The third-order valence-corrected chi connectivity index (χ3v) is 6.48. The van der Waals surface area contributed by atoms with Crippen LogP contribution in [-0.2, 0) is 17.8 Å². The molecule has 35 heavy (non-hydrogen) atoms. The summed E-state index contributed by atoms with van der Waals surface area (Å²) in [5.74, 6) is 0.729. The number of nitrogens with one attached hydrogen (secondary N) is 2. The number of allylic oxidation sites excluding steroid dienone is 1. The van der Waals surface area contributed by atoms with Gasteiger partial charge >= 0.3 is 0 Å². The fourth-order valence-electron chi connectivity index (χ4n) is 3.57. The monoisotopic (exact) mass is 491 g/mol. The third-order valence-electron chi connectivity index (χ3n) is 5.51. The topological polar surface area (TPSA) is 88.9 Å². The summed E-state index contributed by atoms with van der Waals surface area (Å²) in [6.07, 6.45) is 2.54. The average Bonchev–Trinajstić information content (AvgIpc) is 3.24. The zero-order valence-corrected chi connectivity index (χ0v) is 21.3. The summed E-state index contributed by atoms with van der Waals surface area (Å²) in [7, 11) is 0. The number of hydrogen-bond acceptors (Lipinski definition) is 5. The molecule has 0 bridgehead atoms. The molecule has 1 aromatic heterocycles. The molecule has 1 heterocycles. The lowest BCUT2D eigenvalue weighted by molar-refractivity contribution is -0.118. The first-order valence-electron chi connectivity index (χ1n) is 11.7. The van der Waals surface area contributed by atoms with Crippen molar-refractivity contribution in [3.8, 4) is 0 Å². The van der Waals surface area contributed by atoms with Crippen LogP contribution in [0.1, 0.15) is 47.2 Å². The molecule has 0 aliphatic carbocycles. The van der Waals surface area contributed by atoms with Crippen LogP contribution >= 0.6 is 11.8 Å². The standard InChI is InChI=1S/C27H33N5O2S/c1-5-17-32-25(24(19(2)3)29-26(34)22-13-11-20(4)12-14-22)30-31-27(32)35-18-23(33)28-16-15-21-9-7-6-8-10-21/h5-14,19,24H,1,15-18H2,2-4H3,(H,28,33)(H,29,34)/t24-/m0/s1. The fraction of sp³-hybridized carbons (Fsp3) is 0.333. The lowest BCUT2D eigenvalue weighted by Gasteiger charge is -2.22. The van der Waals surface area contributed by atoms with E-state index >= 15 is 0 Å². The van der Waals surface area contributed by atoms with Crippen molar-refractivity contribution >= 4 is 23.6 Å². The summed E-state index contributed by atoms with van der Waals surface area (Å²) in [5.41, 5.74) is 2.87. The van der Waals surface area contributed by atoms with E-state index in [1.165, 1.54) is 17.3 Å². The normalized spacial score (nSPS) is 11.8. The SMILES string of the molecule is C=CCn1c(SCC(=O)NCCc2ccccc2)nnc1[C@@H](NC(=O)c1ccc(C)cc1)C(C)C. The van der Waals surface area contributed by atoms with Gasteiger partial charge in [-0.15, -0.1) is 16.8 Å². The van der Waals surface area contributed by atoms with Gasteiger partial charge in [0, 0.05) is 18.7 Å². The van der Waals surface area contributed by atoms with Crippen LogP contribution in [0.2, 0.25) is 0 Å². The fourth-order valence-corrected chi connectivity index (χ4v) is 4.35. The number of aromatic nitrogens is 3. The van der Waals surface area contributed by atoms with Crippen LogP contribution in [-0.4, -0.2) is 38.9 Å². The molecule has 0 saturated carbocycles. The van der Waals surface area contributed by atoms with Gasteiger partial charge in [0.05, 0.1) is 11.8 Å². The number of carbonyl (C=O) groups excluding carboxylic acids is 2. The molecule has 3 aromatic rings. The molecule has 0 radical (unpaired) electrons. The Kier molecular flexibility index (Phi) is 9.66. The maximum Gasteiger partial charge on any atom is 0.251 e. The Labute approximate surface area is 211 Å². The minimum absolute atomic E-state index is 0.0614. The number of benzene rings is 2. The van der Waals surface area contributed by atoms with Gasteiger partial charge in [0.15, 0.2) is 11.0 Å². The Bertz CT molecular complexity index is 1130. The Morgan fingerprint density at radius 2 is 1.80 bits per heavy atom. The highest BCUT2D eigenvalue weighted by molar-refractivity contribution is 7.99. The molecule has 0 aliphatic heterocycles. The van der Waals surface area contributed by atoms with Gasteiger partial charge in [0.1, 0.15) is 0 Å². The third kappa shape index (κ3) is 7.55. The molecule has 0 aliphatic rings. The van der Waals surface area contributed by atoms with Crippen molar-refractivity contribution in [1.29, 1.82) is 0 Å². The molecule has 2 amide bonds. The van der Waals surface area contributed by atoms with Crippen LogP contribution in [0, 0.1) is 12.8 Å². The maximum absolute atomic E-state index is 12.9. The molecule has 0 spiro atoms. The van der Waals surface area contributed by atoms with Gasteiger partial charge in [0.25, 0.3) is 5.91 Å². The van der Waals surface area contributed by atoms with Crippen LogP contribution in [0.15, 0.2) is 72.4 Å². The summed E-state index contributed by atoms with van der Waals surface area (Å²) in [6.45, 7) is 10.9. The second kappa shape index (κ2) is 12.9.